The molecule has 1 aliphatic heterocycles. The van der Waals surface area contributed by atoms with Crippen LogP contribution in [0.3, 0.4) is 0 Å². The molecule has 16 heavy (non-hydrogen) atoms. The Bertz CT molecular complexity index is 388. The fraction of sp³-hybridized carbons (Fsp3) is 0.417. The molecule has 1 unspecified atom stereocenters. The first-order chi connectivity index (χ1) is 7.46. The quantitative estimate of drug-likeness (QED) is 0.849. The van der Waals surface area contributed by atoms with E-state index in [1.54, 1.807) is 6.42 Å². The van der Waals surface area contributed by atoms with Crippen molar-refractivity contribution in [3.05, 3.63) is 35.7 Å². The van der Waals surface area contributed by atoms with Crippen LogP contribution in [-0.2, 0) is 11.3 Å². The lowest BCUT2D eigenvalue weighted by Gasteiger charge is -2.32. The van der Waals surface area contributed by atoms with Crippen molar-refractivity contribution in [3.63, 3.8) is 0 Å². The summed E-state index contributed by atoms with van der Waals surface area (Å²) < 4.78 is 11.2. The van der Waals surface area contributed by atoms with Crippen molar-refractivity contribution in [3.8, 4) is 5.75 Å². The van der Waals surface area contributed by atoms with Gasteiger partial charge in [-0.1, -0.05) is 22.0 Å². The van der Waals surface area contributed by atoms with Crippen LogP contribution in [0.1, 0.15) is 25.0 Å². The molecule has 0 saturated heterocycles. The molecule has 1 aliphatic rings. The van der Waals surface area contributed by atoms with Crippen LogP contribution in [0.25, 0.3) is 0 Å². The van der Waals surface area contributed by atoms with Crippen molar-refractivity contribution >= 4 is 15.9 Å². The molecule has 0 spiro atoms. The lowest BCUT2D eigenvalue weighted by molar-refractivity contribution is -0.180. The number of alkyl halides is 1. The average molecular weight is 286 g/mol. The van der Waals surface area contributed by atoms with Crippen LogP contribution in [-0.4, -0.2) is 15.9 Å². The molecule has 1 aromatic carbocycles. The molecule has 4 heteroatoms. The third-order valence-corrected chi connectivity index (χ3v) is 2.61. The molecule has 0 bridgehead atoms. The third kappa shape index (κ3) is 2.75. The zero-order valence-corrected chi connectivity index (χ0v) is 10.8. The number of rotatable bonds is 2. The number of hydrogen-bond donors (Lipinski definition) is 1. The Morgan fingerprint density at radius 3 is 2.94 bits per heavy atom. The Balaban J connectivity index is 2.21. The molecular formula is C12H14BrO3. The van der Waals surface area contributed by atoms with Crippen LogP contribution in [0.15, 0.2) is 18.2 Å². The molecular weight excluding hydrogens is 272 g/mol. The van der Waals surface area contributed by atoms with E-state index in [1.165, 1.54) is 0 Å². The van der Waals surface area contributed by atoms with Crippen molar-refractivity contribution in [1.29, 1.82) is 0 Å². The second-order valence-corrected chi connectivity index (χ2v) is 5.14. The minimum absolute atomic E-state index is 0.530. The van der Waals surface area contributed by atoms with Gasteiger partial charge in [0, 0.05) is 25.8 Å². The maximum Gasteiger partial charge on any atom is 0.205 e. The highest BCUT2D eigenvalue weighted by atomic mass is 79.9. The summed E-state index contributed by atoms with van der Waals surface area (Å²) in [4.78, 5) is 0. The Morgan fingerprint density at radius 1 is 1.50 bits per heavy atom. The summed E-state index contributed by atoms with van der Waals surface area (Å²) in [5, 5.41) is 8.56. The summed E-state index contributed by atoms with van der Waals surface area (Å²) in [6.45, 7) is 4.30. The van der Waals surface area contributed by atoms with Gasteiger partial charge in [-0.05, 0) is 17.7 Å². The maximum absolute atomic E-state index is 9.19. The van der Waals surface area contributed by atoms with Gasteiger partial charge in [0.2, 0.25) is 5.79 Å². The first-order valence-electron chi connectivity index (χ1n) is 5.09. The van der Waals surface area contributed by atoms with Crippen LogP contribution < -0.4 is 4.74 Å². The fourth-order valence-corrected chi connectivity index (χ4v) is 1.93. The second-order valence-electron chi connectivity index (χ2n) is 4.20. The van der Waals surface area contributed by atoms with Crippen molar-refractivity contribution < 1.29 is 14.6 Å². The predicted octanol–water partition coefficient (Wildman–Crippen LogP) is 2.60. The van der Waals surface area contributed by atoms with E-state index < -0.39 is 10.8 Å². The van der Waals surface area contributed by atoms with Gasteiger partial charge in [-0.25, -0.2) is 0 Å². The Labute approximate surface area is 104 Å². The predicted molar refractivity (Wildman–Crippen MR) is 64.3 cm³/mol. The van der Waals surface area contributed by atoms with Crippen LogP contribution in [0.5, 0.6) is 5.75 Å². The minimum Gasteiger partial charge on any atom is -0.463 e. The lowest BCUT2D eigenvalue weighted by atomic mass is 10.1. The molecule has 1 atom stereocenters. The van der Waals surface area contributed by atoms with E-state index >= 15 is 0 Å². The van der Waals surface area contributed by atoms with Crippen molar-refractivity contribution in [1.82, 2.24) is 0 Å². The van der Waals surface area contributed by atoms with Crippen molar-refractivity contribution in [2.24, 2.45) is 0 Å². The van der Waals surface area contributed by atoms with Gasteiger partial charge in [-0.15, -0.1) is 0 Å². The number of halogens is 1. The summed E-state index contributed by atoms with van der Waals surface area (Å²) >= 11 is 3.06. The molecule has 2 rings (SSSR count). The van der Waals surface area contributed by atoms with Crippen LogP contribution >= 0.6 is 15.9 Å². The number of hydrogen-bond acceptors (Lipinski definition) is 3. The highest BCUT2D eigenvalue weighted by molar-refractivity contribution is 9.09. The van der Waals surface area contributed by atoms with E-state index in [0.717, 1.165) is 16.9 Å². The number of ether oxygens (including phenoxy) is 2. The van der Waals surface area contributed by atoms with Crippen LogP contribution in [0, 0.1) is 6.42 Å². The molecule has 1 aromatic rings. The molecule has 1 radical (unpaired) electrons. The van der Waals surface area contributed by atoms with Crippen molar-refractivity contribution in [2.75, 3.05) is 0 Å². The van der Waals surface area contributed by atoms with Gasteiger partial charge in [-0.2, -0.15) is 0 Å². The van der Waals surface area contributed by atoms with E-state index in [0.29, 0.717) is 6.61 Å². The third-order valence-electron chi connectivity index (χ3n) is 2.35. The summed E-state index contributed by atoms with van der Waals surface area (Å²) in [5.74, 6) is 0.283. The van der Waals surface area contributed by atoms with Gasteiger partial charge < -0.3 is 14.6 Å². The van der Waals surface area contributed by atoms with E-state index in [1.807, 2.05) is 32.0 Å². The molecule has 0 saturated carbocycles. The van der Waals surface area contributed by atoms with E-state index in [2.05, 4.69) is 15.9 Å². The topological polar surface area (TPSA) is 38.7 Å². The number of aliphatic hydroxyl groups is 1. The number of fused-ring (bicyclic) bond motifs is 1. The fourth-order valence-electron chi connectivity index (χ4n) is 1.62. The first kappa shape index (κ1) is 11.9. The first-order valence-corrected chi connectivity index (χ1v) is 6.01. The Kier molecular flexibility index (Phi) is 3.24. The highest BCUT2D eigenvalue weighted by Gasteiger charge is 2.27. The smallest absolute Gasteiger partial charge is 0.205 e. The van der Waals surface area contributed by atoms with Crippen LogP contribution in [0.2, 0.25) is 0 Å². The van der Waals surface area contributed by atoms with Gasteiger partial charge in [0.1, 0.15) is 10.8 Å². The van der Waals surface area contributed by atoms with Gasteiger partial charge in [-0.3, -0.25) is 0 Å². The molecule has 0 aromatic heterocycles. The normalized spacial score (nSPS) is 19.8. The second kappa shape index (κ2) is 4.35. The molecule has 87 valence electrons. The zero-order valence-electron chi connectivity index (χ0n) is 9.24. The van der Waals surface area contributed by atoms with Gasteiger partial charge in [0.25, 0.3) is 0 Å². The minimum atomic E-state index is -0.632. The zero-order chi connectivity index (χ0) is 11.8. The van der Waals surface area contributed by atoms with Crippen molar-refractivity contribution in [2.45, 2.75) is 31.3 Å². The number of benzene rings is 1. The molecule has 1 heterocycles. The summed E-state index contributed by atoms with van der Waals surface area (Å²) in [6.07, 6.45) is 1.71. The standard InChI is InChI=1S/C12H14BrO3/c1-12(2)15-7-9-5-8(6-11(13)14)3-4-10(9)16-12/h3-6,11,14H,7H2,1-2H3. The van der Waals surface area contributed by atoms with Gasteiger partial charge in [0.15, 0.2) is 0 Å². The monoisotopic (exact) mass is 285 g/mol. The van der Waals surface area contributed by atoms with E-state index in [4.69, 9.17) is 9.47 Å². The van der Waals surface area contributed by atoms with E-state index in [9.17, 15) is 5.11 Å². The Morgan fingerprint density at radius 2 is 2.25 bits per heavy atom. The largest absolute Gasteiger partial charge is 0.463 e. The van der Waals surface area contributed by atoms with Gasteiger partial charge >= 0.3 is 0 Å². The van der Waals surface area contributed by atoms with Gasteiger partial charge in [0.05, 0.1) is 6.61 Å². The SMILES string of the molecule is CC1(C)OCc2cc([CH]C(O)Br)ccc2O1. The Hall–Kier alpha value is -0.580. The molecule has 3 nitrogen and oxygen atoms in total. The summed E-state index contributed by atoms with van der Waals surface area (Å²) in [6, 6.07) is 5.76. The average Bonchev–Trinajstić information content (AvgIpc) is 2.16. The van der Waals surface area contributed by atoms with Crippen LogP contribution in [0.4, 0.5) is 0 Å². The summed E-state index contributed by atoms with van der Waals surface area (Å²) in [7, 11) is 0. The molecule has 1 N–H and O–H groups in total. The molecule has 0 amide bonds. The van der Waals surface area contributed by atoms with E-state index in [-0.39, 0.29) is 0 Å². The maximum atomic E-state index is 9.19. The lowest BCUT2D eigenvalue weighted by Crippen LogP contribution is -2.35. The molecule has 0 aliphatic carbocycles. The summed E-state index contributed by atoms with van der Waals surface area (Å²) in [5.41, 5.74) is 1.94. The molecule has 0 fully saturated rings. The highest BCUT2D eigenvalue weighted by Crippen LogP contribution is 2.32. The number of aliphatic hydroxyl groups excluding tert-OH is 1.